The van der Waals surface area contributed by atoms with E-state index in [0.717, 1.165) is 73.5 Å². The van der Waals surface area contributed by atoms with Gasteiger partial charge in [0, 0.05) is 61.4 Å². The maximum Gasteiger partial charge on any atom is 0.300 e. The van der Waals surface area contributed by atoms with Crippen molar-refractivity contribution in [2.45, 2.75) is 31.1 Å². The summed E-state index contributed by atoms with van der Waals surface area (Å²) >= 11 is 0. The van der Waals surface area contributed by atoms with Crippen LogP contribution in [0.4, 0.5) is 17.4 Å². The zero-order valence-corrected chi connectivity index (χ0v) is 23.1. The highest BCUT2D eigenvalue weighted by atomic mass is 32.2. The van der Waals surface area contributed by atoms with Gasteiger partial charge < -0.3 is 14.6 Å². The van der Waals surface area contributed by atoms with Crippen LogP contribution in [0.15, 0.2) is 63.9 Å². The number of carbonyl (C=O) groups excluding carboxylic acids is 1. The molecule has 0 amide bonds. The SMILES string of the molecule is CCCN1CCN(c2cc(Nc3nc4cccc(-c5ccc6c(c5)CCC6=O)c4o3)cc(S(C)(=O)=O)c2)CC1. The van der Waals surface area contributed by atoms with Crippen LogP contribution in [-0.4, -0.2) is 63.1 Å². The predicted molar refractivity (Wildman–Crippen MR) is 154 cm³/mol. The van der Waals surface area contributed by atoms with E-state index in [2.05, 4.69) is 33.1 Å². The van der Waals surface area contributed by atoms with Gasteiger partial charge in [-0.2, -0.15) is 4.98 Å². The van der Waals surface area contributed by atoms with Crippen LogP contribution in [0.25, 0.3) is 22.2 Å². The zero-order valence-electron chi connectivity index (χ0n) is 22.2. The van der Waals surface area contributed by atoms with Gasteiger partial charge in [0.15, 0.2) is 21.2 Å². The molecule has 1 saturated heterocycles. The third kappa shape index (κ3) is 5.16. The average Bonchev–Trinajstić information content (AvgIpc) is 3.51. The molecule has 8 nitrogen and oxygen atoms in total. The summed E-state index contributed by atoms with van der Waals surface area (Å²) in [6, 6.07) is 17.3. The number of aromatic nitrogens is 1. The Kier molecular flexibility index (Phi) is 6.64. The van der Waals surface area contributed by atoms with E-state index in [-0.39, 0.29) is 16.7 Å². The number of rotatable bonds is 7. The largest absolute Gasteiger partial charge is 0.423 e. The highest BCUT2D eigenvalue weighted by Gasteiger charge is 2.22. The number of para-hydroxylation sites is 1. The summed E-state index contributed by atoms with van der Waals surface area (Å²) in [5, 5.41) is 3.22. The number of sulfone groups is 1. The van der Waals surface area contributed by atoms with Crippen molar-refractivity contribution in [3.8, 4) is 11.1 Å². The normalized spacial score (nSPS) is 16.2. The molecule has 4 aromatic rings. The smallest absolute Gasteiger partial charge is 0.300 e. The van der Waals surface area contributed by atoms with E-state index < -0.39 is 9.84 Å². The van der Waals surface area contributed by atoms with Gasteiger partial charge in [-0.05, 0) is 54.8 Å². The monoisotopic (exact) mass is 544 g/mol. The number of nitrogens with zero attached hydrogens (tertiary/aromatic N) is 3. The fourth-order valence-electron chi connectivity index (χ4n) is 5.57. The minimum Gasteiger partial charge on any atom is -0.423 e. The van der Waals surface area contributed by atoms with Crippen LogP contribution in [0.5, 0.6) is 0 Å². The van der Waals surface area contributed by atoms with Gasteiger partial charge in [0.1, 0.15) is 5.52 Å². The quantitative estimate of drug-likeness (QED) is 0.335. The Morgan fingerprint density at radius 1 is 0.974 bits per heavy atom. The molecular formula is C30H32N4O4S. The number of fused-ring (bicyclic) bond motifs is 2. The average molecular weight is 545 g/mol. The second-order valence-corrected chi connectivity index (χ2v) is 12.4. The predicted octanol–water partition coefficient (Wildman–Crippen LogP) is 5.30. The third-order valence-corrected chi connectivity index (χ3v) is 8.69. The van der Waals surface area contributed by atoms with Crippen LogP contribution >= 0.6 is 0 Å². The molecule has 0 bridgehead atoms. The lowest BCUT2D eigenvalue weighted by molar-refractivity contribution is 0.0994. The first-order chi connectivity index (χ1) is 18.8. The van der Waals surface area contributed by atoms with Gasteiger partial charge in [-0.15, -0.1) is 0 Å². The van der Waals surface area contributed by atoms with E-state index in [1.54, 1.807) is 12.1 Å². The van der Waals surface area contributed by atoms with E-state index >= 15 is 0 Å². The van der Waals surface area contributed by atoms with Gasteiger partial charge in [-0.3, -0.25) is 9.69 Å². The summed E-state index contributed by atoms with van der Waals surface area (Å²) in [5.41, 5.74) is 6.53. The van der Waals surface area contributed by atoms with Crippen molar-refractivity contribution < 1.29 is 17.6 Å². The number of oxazole rings is 1. The molecule has 1 N–H and O–H groups in total. The topological polar surface area (TPSA) is 95.8 Å². The van der Waals surface area contributed by atoms with Crippen molar-refractivity contribution >= 4 is 44.1 Å². The van der Waals surface area contributed by atoms with Crippen LogP contribution in [0, 0.1) is 0 Å². The van der Waals surface area contributed by atoms with Crippen molar-refractivity contribution in [2.24, 2.45) is 0 Å². The van der Waals surface area contributed by atoms with E-state index in [1.165, 1.54) is 6.26 Å². The molecule has 0 atom stereocenters. The Morgan fingerprint density at radius 2 is 1.79 bits per heavy atom. The fraction of sp³-hybridized carbons (Fsp3) is 0.333. The van der Waals surface area contributed by atoms with Crippen LogP contribution < -0.4 is 10.2 Å². The van der Waals surface area contributed by atoms with E-state index in [9.17, 15) is 13.2 Å². The summed E-state index contributed by atoms with van der Waals surface area (Å²) in [6.45, 7) is 6.83. The molecule has 0 unspecified atom stereocenters. The molecule has 0 radical (unpaired) electrons. The molecule has 2 heterocycles. The third-order valence-electron chi connectivity index (χ3n) is 7.60. The molecule has 6 rings (SSSR count). The summed E-state index contributed by atoms with van der Waals surface area (Å²) in [4.78, 5) is 21.6. The number of Topliss-reactive ketones (excluding diaryl/α,β-unsaturated/α-hetero) is 1. The molecule has 1 aromatic heterocycles. The Morgan fingerprint density at radius 3 is 2.56 bits per heavy atom. The molecule has 3 aromatic carbocycles. The number of aryl methyl sites for hydroxylation is 1. The Balaban J connectivity index is 1.32. The Bertz CT molecular complexity index is 1670. The fourth-order valence-corrected chi connectivity index (χ4v) is 6.25. The first-order valence-corrected chi connectivity index (χ1v) is 15.3. The Hall–Kier alpha value is -3.69. The molecule has 1 aliphatic heterocycles. The molecule has 202 valence electrons. The van der Waals surface area contributed by atoms with Gasteiger partial charge in [0.2, 0.25) is 0 Å². The summed E-state index contributed by atoms with van der Waals surface area (Å²) < 4.78 is 31.3. The highest BCUT2D eigenvalue weighted by molar-refractivity contribution is 7.90. The Labute approximate surface area is 228 Å². The second-order valence-electron chi connectivity index (χ2n) is 10.4. The molecule has 2 aliphatic rings. The highest BCUT2D eigenvalue weighted by Crippen LogP contribution is 2.35. The van der Waals surface area contributed by atoms with E-state index in [0.29, 0.717) is 23.2 Å². The number of hydrogen-bond donors (Lipinski definition) is 1. The number of nitrogens with one attached hydrogen (secondary N) is 1. The summed E-state index contributed by atoms with van der Waals surface area (Å²) in [6.07, 6.45) is 3.66. The second kappa shape index (κ2) is 10.1. The van der Waals surface area contributed by atoms with Gasteiger partial charge in [-0.1, -0.05) is 37.3 Å². The van der Waals surface area contributed by atoms with E-state index in [4.69, 9.17) is 4.42 Å². The lowest BCUT2D eigenvalue weighted by Crippen LogP contribution is -2.46. The van der Waals surface area contributed by atoms with Gasteiger partial charge in [0.05, 0.1) is 4.90 Å². The molecule has 1 aliphatic carbocycles. The number of ketones is 1. The molecule has 39 heavy (non-hydrogen) atoms. The van der Waals surface area contributed by atoms with Crippen molar-refractivity contribution in [1.29, 1.82) is 0 Å². The molecule has 0 saturated carbocycles. The van der Waals surface area contributed by atoms with Crippen molar-refractivity contribution in [1.82, 2.24) is 9.88 Å². The first kappa shape index (κ1) is 25.6. The summed E-state index contributed by atoms with van der Waals surface area (Å²) in [7, 11) is -3.43. The molecule has 0 spiro atoms. The maximum atomic E-state index is 12.5. The van der Waals surface area contributed by atoms with Gasteiger partial charge in [0.25, 0.3) is 6.01 Å². The van der Waals surface area contributed by atoms with Crippen LogP contribution in [-0.2, 0) is 16.3 Å². The van der Waals surface area contributed by atoms with Crippen molar-refractivity contribution in [2.75, 3.05) is 49.2 Å². The standard InChI is InChI=1S/C30H32N4O4S/c1-3-11-33-12-14-34(15-13-33)23-17-22(18-24(19-23)39(2,36)37)31-30-32-27-6-4-5-26(29(27)38-30)21-7-9-25-20(16-21)8-10-28(25)35/h4-7,9,16-19H,3,8,10-15H2,1-2H3,(H,31,32). The number of hydrogen-bond acceptors (Lipinski definition) is 8. The lowest BCUT2D eigenvalue weighted by atomic mass is 10.00. The van der Waals surface area contributed by atoms with E-state index in [1.807, 2.05) is 36.4 Å². The van der Waals surface area contributed by atoms with Gasteiger partial charge in [-0.25, -0.2) is 8.42 Å². The number of carbonyl (C=O) groups is 1. The minimum absolute atomic E-state index is 0.194. The lowest BCUT2D eigenvalue weighted by Gasteiger charge is -2.36. The zero-order chi connectivity index (χ0) is 27.1. The van der Waals surface area contributed by atoms with Crippen LogP contribution in [0.1, 0.15) is 35.7 Å². The maximum absolute atomic E-state index is 12.5. The van der Waals surface area contributed by atoms with Crippen LogP contribution in [0.2, 0.25) is 0 Å². The molecule has 1 fully saturated rings. The number of anilines is 3. The molecular weight excluding hydrogens is 512 g/mol. The minimum atomic E-state index is -3.43. The van der Waals surface area contributed by atoms with Gasteiger partial charge >= 0.3 is 0 Å². The number of piperazine rings is 1. The van der Waals surface area contributed by atoms with Crippen molar-refractivity contribution in [3.63, 3.8) is 0 Å². The van der Waals surface area contributed by atoms with Crippen LogP contribution in [0.3, 0.4) is 0 Å². The van der Waals surface area contributed by atoms with Crippen molar-refractivity contribution in [3.05, 3.63) is 65.7 Å². The summed E-state index contributed by atoms with van der Waals surface area (Å²) in [5.74, 6) is 0.194. The number of benzene rings is 3. The first-order valence-electron chi connectivity index (χ1n) is 13.4. The molecule has 9 heteroatoms.